The van der Waals surface area contributed by atoms with Crippen molar-refractivity contribution in [1.82, 2.24) is 9.80 Å². The maximum atomic E-state index is 9.55. The average molecular weight is 388 g/mol. The highest BCUT2D eigenvalue weighted by Gasteiger charge is 2.21. The first-order chi connectivity index (χ1) is 13.5. The second-order valence-corrected chi connectivity index (χ2v) is 6.12. The second-order valence-electron chi connectivity index (χ2n) is 6.12. The Morgan fingerprint density at radius 3 is 2.14 bits per heavy atom. The molecule has 2 heterocycles. The molecule has 9 nitrogen and oxygen atoms in total. The Labute approximate surface area is 163 Å². The highest BCUT2D eigenvalue weighted by atomic mass is 16.5. The average Bonchev–Trinajstić information content (AvgIpc) is 3.33. The van der Waals surface area contributed by atoms with E-state index in [0.717, 1.165) is 31.3 Å². The van der Waals surface area contributed by atoms with Gasteiger partial charge in [0.15, 0.2) is 0 Å². The van der Waals surface area contributed by atoms with Crippen molar-refractivity contribution in [1.29, 1.82) is 0 Å². The molecule has 2 aliphatic rings. The Hall–Kier alpha value is -3.36. The van der Waals surface area contributed by atoms with Gasteiger partial charge in [-0.15, -0.1) is 0 Å². The highest BCUT2D eigenvalue weighted by molar-refractivity contribution is 5.94. The van der Waals surface area contributed by atoms with Gasteiger partial charge in [0, 0.05) is 32.3 Å². The number of likely N-dealkylation sites (N-methyl/N-ethyl adjacent to an activating group) is 1. The lowest BCUT2D eigenvalue weighted by Crippen LogP contribution is -2.29. The van der Waals surface area contributed by atoms with Crippen LogP contribution in [0.25, 0.3) is 0 Å². The van der Waals surface area contributed by atoms with Crippen molar-refractivity contribution in [2.24, 2.45) is 9.98 Å². The summed E-state index contributed by atoms with van der Waals surface area (Å²) in [4.78, 5) is 32.7. The molecule has 0 spiro atoms. The molecule has 150 valence electrons. The Balaban J connectivity index is 0.000000300. The SMILES string of the molecule is CN1CCO/C1=N/C(=N/c1ccccc1)N1CCCC1.O=C(O)/C=C/C(=O)O. The fourth-order valence-corrected chi connectivity index (χ4v) is 2.53. The van der Waals surface area contributed by atoms with Crippen LogP contribution in [0, 0.1) is 0 Å². The summed E-state index contributed by atoms with van der Waals surface area (Å²) in [6, 6.07) is 10.6. The molecule has 28 heavy (non-hydrogen) atoms. The molecule has 0 atom stereocenters. The molecule has 0 unspecified atom stereocenters. The lowest BCUT2D eigenvalue weighted by Gasteiger charge is -2.17. The van der Waals surface area contributed by atoms with E-state index in [4.69, 9.17) is 14.9 Å². The Kier molecular flexibility index (Phi) is 8.01. The first-order valence-corrected chi connectivity index (χ1v) is 8.91. The van der Waals surface area contributed by atoms with E-state index in [1.54, 1.807) is 0 Å². The number of nitrogens with zero attached hydrogens (tertiary/aromatic N) is 4. The predicted octanol–water partition coefficient (Wildman–Crippen LogP) is 1.80. The van der Waals surface area contributed by atoms with E-state index in [1.807, 2.05) is 42.3 Å². The first kappa shape index (κ1) is 20.9. The third-order valence-corrected chi connectivity index (χ3v) is 3.92. The molecule has 2 aliphatic heterocycles. The van der Waals surface area contributed by atoms with Crippen LogP contribution in [0.1, 0.15) is 12.8 Å². The molecule has 3 rings (SSSR count). The zero-order chi connectivity index (χ0) is 20.4. The minimum absolute atomic E-state index is 0.558. The standard InChI is InChI=1S/C15H20N4O.C4H4O4/c1-18-11-12-20-15(18)17-14(19-9-5-6-10-19)16-13-7-3-2-4-8-13;5-3(6)1-2-4(7)8/h2-4,7-8H,5-6,9-12H2,1H3;1-2H,(H,5,6)(H,7,8)/b16-14-,17-15+;2-1+. The van der Waals surface area contributed by atoms with Crippen LogP contribution in [0.4, 0.5) is 5.69 Å². The van der Waals surface area contributed by atoms with E-state index < -0.39 is 11.9 Å². The minimum atomic E-state index is -1.26. The number of benzene rings is 1. The Bertz CT molecular complexity index is 739. The van der Waals surface area contributed by atoms with Gasteiger partial charge >= 0.3 is 11.9 Å². The van der Waals surface area contributed by atoms with Gasteiger partial charge in [-0.2, -0.15) is 4.99 Å². The van der Waals surface area contributed by atoms with Gasteiger partial charge in [-0.1, -0.05) is 18.2 Å². The van der Waals surface area contributed by atoms with Crippen molar-refractivity contribution in [3.05, 3.63) is 42.5 Å². The van der Waals surface area contributed by atoms with Crippen molar-refractivity contribution in [2.45, 2.75) is 12.8 Å². The third kappa shape index (κ3) is 7.10. The normalized spacial score (nSPS) is 18.2. The van der Waals surface area contributed by atoms with E-state index in [0.29, 0.717) is 24.8 Å². The monoisotopic (exact) mass is 388 g/mol. The summed E-state index contributed by atoms with van der Waals surface area (Å²) in [5.41, 5.74) is 0.930. The minimum Gasteiger partial charge on any atom is -0.478 e. The molecule has 9 heteroatoms. The number of rotatable bonds is 3. The fraction of sp³-hybridized carbons (Fsp3) is 0.368. The maximum absolute atomic E-state index is 9.55. The lowest BCUT2D eigenvalue weighted by molar-refractivity contribution is -0.134. The molecule has 0 bridgehead atoms. The van der Waals surface area contributed by atoms with Crippen LogP contribution in [0.15, 0.2) is 52.5 Å². The van der Waals surface area contributed by atoms with Crippen LogP contribution >= 0.6 is 0 Å². The predicted molar refractivity (Wildman–Crippen MR) is 105 cm³/mol. The summed E-state index contributed by atoms with van der Waals surface area (Å²) in [6.07, 6.45) is 3.52. The summed E-state index contributed by atoms with van der Waals surface area (Å²) < 4.78 is 5.56. The molecule has 2 saturated heterocycles. The summed E-state index contributed by atoms with van der Waals surface area (Å²) in [6.45, 7) is 3.63. The van der Waals surface area contributed by atoms with Crippen LogP contribution in [0.5, 0.6) is 0 Å². The van der Waals surface area contributed by atoms with E-state index in [1.165, 1.54) is 12.8 Å². The van der Waals surface area contributed by atoms with Gasteiger partial charge in [-0.05, 0) is 25.0 Å². The van der Waals surface area contributed by atoms with Crippen molar-refractivity contribution in [2.75, 3.05) is 33.3 Å². The van der Waals surface area contributed by atoms with Crippen LogP contribution < -0.4 is 0 Å². The number of amidine groups is 1. The van der Waals surface area contributed by atoms with Crippen LogP contribution in [-0.4, -0.2) is 77.2 Å². The molecule has 2 fully saturated rings. The Morgan fingerprint density at radius 2 is 1.64 bits per heavy atom. The number of carbonyl (C=O) groups is 2. The number of carboxylic acid groups (broad SMARTS) is 2. The van der Waals surface area contributed by atoms with Gasteiger partial charge in [0.25, 0.3) is 6.02 Å². The molecule has 0 saturated carbocycles. The molecule has 0 radical (unpaired) electrons. The first-order valence-electron chi connectivity index (χ1n) is 8.91. The largest absolute Gasteiger partial charge is 0.478 e. The quantitative estimate of drug-likeness (QED) is 0.461. The number of aliphatic imine (C=N–C) groups is 2. The van der Waals surface area contributed by atoms with Gasteiger partial charge in [-0.3, -0.25) is 0 Å². The summed E-state index contributed by atoms with van der Waals surface area (Å²) in [7, 11) is 2.00. The summed E-state index contributed by atoms with van der Waals surface area (Å²) >= 11 is 0. The molecule has 1 aromatic carbocycles. The molecule has 1 aromatic rings. The molecule has 0 amide bonds. The molecule has 0 aliphatic carbocycles. The van der Waals surface area contributed by atoms with Crippen molar-refractivity contribution in [3.63, 3.8) is 0 Å². The van der Waals surface area contributed by atoms with Gasteiger partial charge in [0.1, 0.15) is 6.61 Å². The molecular weight excluding hydrogens is 364 g/mol. The molecular formula is C19H24N4O5. The maximum Gasteiger partial charge on any atom is 0.328 e. The van der Waals surface area contributed by atoms with Gasteiger partial charge in [-0.25, -0.2) is 14.6 Å². The van der Waals surface area contributed by atoms with E-state index in [2.05, 4.69) is 14.9 Å². The van der Waals surface area contributed by atoms with Gasteiger partial charge < -0.3 is 24.7 Å². The van der Waals surface area contributed by atoms with Gasteiger partial charge in [0.05, 0.1) is 12.2 Å². The third-order valence-electron chi connectivity index (χ3n) is 3.92. The number of hydrogen-bond donors (Lipinski definition) is 2. The van der Waals surface area contributed by atoms with Crippen LogP contribution in [-0.2, 0) is 14.3 Å². The molecule has 2 N–H and O–H groups in total. The number of hydrogen-bond acceptors (Lipinski definition) is 4. The number of guanidine groups is 1. The van der Waals surface area contributed by atoms with Crippen LogP contribution in [0.2, 0.25) is 0 Å². The van der Waals surface area contributed by atoms with E-state index in [-0.39, 0.29) is 0 Å². The topological polar surface area (TPSA) is 115 Å². The number of ether oxygens (including phenoxy) is 1. The van der Waals surface area contributed by atoms with Crippen molar-refractivity contribution < 1.29 is 24.5 Å². The fourth-order valence-electron chi connectivity index (χ4n) is 2.53. The Morgan fingerprint density at radius 1 is 1.04 bits per heavy atom. The zero-order valence-electron chi connectivity index (χ0n) is 15.7. The number of carboxylic acids is 2. The number of para-hydroxylation sites is 1. The number of aliphatic carboxylic acids is 2. The summed E-state index contributed by atoms with van der Waals surface area (Å²) in [5, 5.41) is 15.6. The van der Waals surface area contributed by atoms with E-state index >= 15 is 0 Å². The van der Waals surface area contributed by atoms with Gasteiger partial charge in [0.2, 0.25) is 5.96 Å². The zero-order valence-corrected chi connectivity index (χ0v) is 15.7. The summed E-state index contributed by atoms with van der Waals surface area (Å²) in [5.74, 6) is -1.75. The van der Waals surface area contributed by atoms with Crippen molar-refractivity contribution >= 4 is 29.6 Å². The molecule has 0 aromatic heterocycles. The smallest absolute Gasteiger partial charge is 0.328 e. The lowest BCUT2D eigenvalue weighted by atomic mass is 10.3. The highest BCUT2D eigenvalue weighted by Crippen LogP contribution is 2.16. The second kappa shape index (κ2) is 10.7. The van der Waals surface area contributed by atoms with Crippen molar-refractivity contribution in [3.8, 4) is 0 Å². The van der Waals surface area contributed by atoms with E-state index in [9.17, 15) is 9.59 Å². The van der Waals surface area contributed by atoms with Crippen LogP contribution in [0.3, 0.4) is 0 Å². The number of likely N-dealkylation sites (tertiary alicyclic amines) is 1.